The zero-order valence-corrected chi connectivity index (χ0v) is 17.1. The summed E-state index contributed by atoms with van der Waals surface area (Å²) < 4.78 is 33.9. The summed E-state index contributed by atoms with van der Waals surface area (Å²) in [5, 5.41) is 0. The average molecular weight is 417 g/mol. The van der Waals surface area contributed by atoms with Crippen LogP contribution in [-0.4, -0.2) is 64.2 Å². The van der Waals surface area contributed by atoms with Gasteiger partial charge in [-0.25, -0.2) is 23.7 Å². The first kappa shape index (κ1) is 19.3. The number of nitrogen functional groups attached to an aromatic ring is 1. The van der Waals surface area contributed by atoms with Gasteiger partial charge in [0.15, 0.2) is 0 Å². The van der Waals surface area contributed by atoms with Gasteiger partial charge >= 0.3 is 0 Å². The number of hydrogen-bond acceptors (Lipinski definition) is 8. The Kier molecular flexibility index (Phi) is 4.32. The Labute approximate surface area is 173 Å². The lowest BCUT2D eigenvalue weighted by molar-refractivity contribution is -0.212. The fourth-order valence-electron chi connectivity index (χ4n) is 4.43. The standard InChI is InChI=1S/C20H25F2N7O/c1-12-9-30-13(2)8-29(12)16-5-15(14-6-24-17(23)25-7-14)26-18(27-16)28-10-19(11-28)3-4-20(19,21)22/h5-7,12-13H,3-4,8-11H2,1-2H3,(H2,23,24,25)/t12-,13-/m0/s1. The number of hydrogen-bond donors (Lipinski definition) is 1. The molecule has 0 unspecified atom stereocenters. The van der Waals surface area contributed by atoms with E-state index in [1.54, 1.807) is 12.4 Å². The number of halogens is 2. The van der Waals surface area contributed by atoms with Gasteiger partial charge in [-0.05, 0) is 20.3 Å². The van der Waals surface area contributed by atoms with Crippen molar-refractivity contribution in [2.24, 2.45) is 5.41 Å². The molecule has 0 amide bonds. The molecule has 0 radical (unpaired) electrons. The molecule has 2 saturated heterocycles. The zero-order valence-electron chi connectivity index (χ0n) is 17.1. The predicted molar refractivity (Wildman–Crippen MR) is 109 cm³/mol. The molecule has 30 heavy (non-hydrogen) atoms. The zero-order chi connectivity index (χ0) is 21.1. The second kappa shape index (κ2) is 6.69. The summed E-state index contributed by atoms with van der Waals surface area (Å²) in [6.07, 6.45) is 3.82. The lowest BCUT2D eigenvalue weighted by atomic mass is 9.60. The van der Waals surface area contributed by atoms with Crippen LogP contribution in [0.4, 0.5) is 26.5 Å². The van der Waals surface area contributed by atoms with Crippen molar-refractivity contribution in [2.45, 2.75) is 44.8 Å². The highest BCUT2D eigenvalue weighted by Gasteiger charge is 2.67. The molecule has 1 spiro atoms. The van der Waals surface area contributed by atoms with Gasteiger partial charge in [-0.15, -0.1) is 0 Å². The largest absolute Gasteiger partial charge is 0.375 e. The van der Waals surface area contributed by atoms with Gasteiger partial charge in [0.2, 0.25) is 11.9 Å². The first-order chi connectivity index (χ1) is 14.3. The van der Waals surface area contributed by atoms with Crippen molar-refractivity contribution in [1.29, 1.82) is 0 Å². The van der Waals surface area contributed by atoms with Crippen molar-refractivity contribution < 1.29 is 13.5 Å². The molecular formula is C20H25F2N7O. The number of aromatic nitrogens is 4. The third kappa shape index (κ3) is 3.05. The topological polar surface area (TPSA) is 93.3 Å². The van der Waals surface area contributed by atoms with Crippen LogP contribution < -0.4 is 15.5 Å². The van der Waals surface area contributed by atoms with Gasteiger partial charge in [0.05, 0.1) is 29.9 Å². The third-order valence-corrected chi connectivity index (χ3v) is 6.53. The number of ether oxygens (including phenoxy) is 1. The Bertz CT molecular complexity index is 949. The number of rotatable bonds is 3. The smallest absolute Gasteiger partial charge is 0.257 e. The van der Waals surface area contributed by atoms with Crippen LogP contribution in [0.25, 0.3) is 11.3 Å². The van der Waals surface area contributed by atoms with Gasteiger partial charge in [0, 0.05) is 50.1 Å². The van der Waals surface area contributed by atoms with Crippen LogP contribution in [0, 0.1) is 5.41 Å². The van der Waals surface area contributed by atoms with Crippen molar-refractivity contribution in [3.05, 3.63) is 18.5 Å². The van der Waals surface area contributed by atoms with Crippen LogP contribution in [0.1, 0.15) is 26.7 Å². The second-order valence-electron chi connectivity index (χ2n) is 8.73. The highest BCUT2D eigenvalue weighted by atomic mass is 19.3. The van der Waals surface area contributed by atoms with Gasteiger partial charge in [-0.2, -0.15) is 4.98 Å². The fourth-order valence-corrected chi connectivity index (χ4v) is 4.43. The Morgan fingerprint density at radius 3 is 2.50 bits per heavy atom. The minimum Gasteiger partial charge on any atom is -0.375 e. The third-order valence-electron chi connectivity index (χ3n) is 6.53. The first-order valence-electron chi connectivity index (χ1n) is 10.2. The van der Waals surface area contributed by atoms with Crippen molar-refractivity contribution in [3.8, 4) is 11.3 Å². The molecule has 4 heterocycles. The molecule has 2 aromatic rings. The quantitative estimate of drug-likeness (QED) is 0.814. The van der Waals surface area contributed by atoms with E-state index in [0.717, 1.165) is 5.82 Å². The van der Waals surface area contributed by atoms with Gasteiger partial charge in [0.25, 0.3) is 5.92 Å². The van der Waals surface area contributed by atoms with E-state index in [1.807, 2.05) is 17.9 Å². The number of alkyl halides is 2. The number of nitrogens with two attached hydrogens (primary N) is 1. The summed E-state index contributed by atoms with van der Waals surface area (Å²) in [5.41, 5.74) is 6.04. The molecule has 2 N–H and O–H groups in total. The number of anilines is 3. The fraction of sp³-hybridized carbons (Fsp3) is 0.600. The lowest BCUT2D eigenvalue weighted by Crippen LogP contribution is -2.70. The van der Waals surface area contributed by atoms with Crippen LogP contribution in [0.15, 0.2) is 18.5 Å². The van der Waals surface area contributed by atoms with Crippen LogP contribution in [0.5, 0.6) is 0 Å². The van der Waals surface area contributed by atoms with E-state index in [-0.39, 0.29) is 37.6 Å². The highest BCUT2D eigenvalue weighted by Crippen LogP contribution is 2.59. The maximum atomic E-state index is 14.1. The Morgan fingerprint density at radius 2 is 1.87 bits per heavy atom. The van der Waals surface area contributed by atoms with E-state index in [9.17, 15) is 8.78 Å². The van der Waals surface area contributed by atoms with Crippen molar-refractivity contribution in [1.82, 2.24) is 19.9 Å². The summed E-state index contributed by atoms with van der Waals surface area (Å²) in [5.74, 6) is -1.21. The molecular weight excluding hydrogens is 392 g/mol. The normalized spacial score (nSPS) is 26.9. The van der Waals surface area contributed by atoms with Crippen LogP contribution in [0.3, 0.4) is 0 Å². The Morgan fingerprint density at radius 1 is 1.13 bits per heavy atom. The Balaban J connectivity index is 1.50. The van der Waals surface area contributed by atoms with Crippen LogP contribution in [-0.2, 0) is 4.74 Å². The van der Waals surface area contributed by atoms with E-state index in [2.05, 4.69) is 26.8 Å². The van der Waals surface area contributed by atoms with Gasteiger partial charge in [-0.3, -0.25) is 0 Å². The molecule has 2 aliphatic heterocycles. The molecule has 1 saturated carbocycles. The van der Waals surface area contributed by atoms with Crippen molar-refractivity contribution in [3.63, 3.8) is 0 Å². The van der Waals surface area contributed by atoms with Gasteiger partial charge in [0.1, 0.15) is 5.82 Å². The number of nitrogens with zero attached hydrogens (tertiary/aromatic N) is 6. The first-order valence-corrected chi connectivity index (χ1v) is 10.2. The maximum Gasteiger partial charge on any atom is 0.257 e. The molecule has 1 aliphatic carbocycles. The summed E-state index contributed by atoms with van der Waals surface area (Å²) >= 11 is 0. The monoisotopic (exact) mass is 417 g/mol. The molecule has 8 nitrogen and oxygen atoms in total. The highest BCUT2D eigenvalue weighted by molar-refractivity contribution is 5.65. The molecule has 3 aliphatic rings. The predicted octanol–water partition coefficient (Wildman–Crippen LogP) is 2.36. The minimum absolute atomic E-state index is 0.0288. The van der Waals surface area contributed by atoms with E-state index in [1.165, 1.54) is 0 Å². The summed E-state index contributed by atoms with van der Waals surface area (Å²) in [7, 11) is 0. The lowest BCUT2D eigenvalue weighted by Gasteiger charge is -2.59. The van der Waals surface area contributed by atoms with Crippen molar-refractivity contribution >= 4 is 17.7 Å². The van der Waals surface area contributed by atoms with Gasteiger partial charge in [-0.1, -0.05) is 0 Å². The summed E-state index contributed by atoms with van der Waals surface area (Å²) in [4.78, 5) is 21.5. The molecule has 5 rings (SSSR count). The summed E-state index contributed by atoms with van der Waals surface area (Å²) in [6.45, 7) is 5.93. The van der Waals surface area contributed by atoms with E-state index in [0.29, 0.717) is 36.8 Å². The molecule has 160 valence electrons. The van der Waals surface area contributed by atoms with Crippen LogP contribution >= 0.6 is 0 Å². The van der Waals surface area contributed by atoms with E-state index < -0.39 is 11.3 Å². The van der Waals surface area contributed by atoms with E-state index >= 15 is 0 Å². The molecule has 0 aromatic carbocycles. The second-order valence-corrected chi connectivity index (χ2v) is 8.73. The molecule has 2 atom stereocenters. The number of morpholine rings is 1. The Hall–Kier alpha value is -2.62. The van der Waals surface area contributed by atoms with Crippen LogP contribution in [0.2, 0.25) is 0 Å². The maximum absolute atomic E-state index is 14.1. The minimum atomic E-state index is -2.59. The summed E-state index contributed by atoms with van der Waals surface area (Å²) in [6, 6.07) is 2.03. The molecule has 3 fully saturated rings. The molecule has 0 bridgehead atoms. The SMILES string of the molecule is C[C@H]1CN(c2cc(-c3cnc(N)nc3)nc(N3CC4(CCC4(F)F)C3)n2)[C@@H](C)CO1. The van der Waals surface area contributed by atoms with Crippen molar-refractivity contribution in [2.75, 3.05) is 41.8 Å². The van der Waals surface area contributed by atoms with Gasteiger partial charge < -0.3 is 20.3 Å². The molecule has 2 aromatic heterocycles. The average Bonchev–Trinajstić information content (AvgIpc) is 2.68. The molecule has 10 heteroatoms. The van der Waals surface area contributed by atoms with E-state index in [4.69, 9.17) is 15.5 Å².